The number of esters is 1. The van der Waals surface area contributed by atoms with E-state index < -0.39 is 0 Å². The lowest BCUT2D eigenvalue weighted by Crippen LogP contribution is -2.24. The number of rotatable bonds is 1. The molecule has 1 aliphatic heterocycles. The average molecular weight is 196 g/mol. The summed E-state index contributed by atoms with van der Waals surface area (Å²) >= 11 is 0. The molecule has 1 heterocycles. The lowest BCUT2D eigenvalue weighted by molar-refractivity contribution is -0.145. The van der Waals surface area contributed by atoms with Crippen LogP contribution in [0.5, 0.6) is 0 Å². The van der Waals surface area contributed by atoms with E-state index in [-0.39, 0.29) is 11.4 Å². The fourth-order valence-corrected chi connectivity index (χ4v) is 1.89. The zero-order valence-corrected chi connectivity index (χ0v) is 9.21. The monoisotopic (exact) mass is 196 g/mol. The molecule has 0 amide bonds. The van der Waals surface area contributed by atoms with Crippen LogP contribution < -0.4 is 0 Å². The van der Waals surface area contributed by atoms with Crippen molar-refractivity contribution in [2.45, 2.75) is 39.5 Å². The molecule has 1 aliphatic rings. The highest BCUT2D eigenvalue weighted by molar-refractivity contribution is 5.69. The van der Waals surface area contributed by atoms with E-state index in [9.17, 15) is 4.79 Å². The third-order valence-corrected chi connectivity index (χ3v) is 3.44. The molecule has 2 atom stereocenters. The van der Waals surface area contributed by atoms with Crippen molar-refractivity contribution >= 4 is 5.97 Å². The first-order valence-electron chi connectivity index (χ1n) is 5.38. The number of hydrogen-bond acceptors (Lipinski definition) is 2. The summed E-state index contributed by atoms with van der Waals surface area (Å²) in [5, 5.41) is 0. The van der Waals surface area contributed by atoms with Gasteiger partial charge in [-0.25, -0.2) is 0 Å². The molecule has 0 aromatic carbocycles. The molecule has 0 N–H and O–H groups in total. The largest absolute Gasteiger partial charge is 0.466 e. The molecule has 0 radical (unpaired) electrons. The zero-order valence-electron chi connectivity index (χ0n) is 9.21. The molecule has 0 aliphatic carbocycles. The van der Waals surface area contributed by atoms with E-state index in [1.807, 2.05) is 6.08 Å². The summed E-state index contributed by atoms with van der Waals surface area (Å²) in [6.07, 6.45) is 5.70. The summed E-state index contributed by atoms with van der Waals surface area (Å²) < 4.78 is 5.10. The summed E-state index contributed by atoms with van der Waals surface area (Å²) in [4.78, 5) is 11.3. The average Bonchev–Trinajstić information content (AvgIpc) is 2.20. The number of ether oxygens (including phenoxy) is 1. The molecule has 80 valence electrons. The molecular formula is C12H20O2. The lowest BCUT2D eigenvalue weighted by atomic mass is 9.73. The van der Waals surface area contributed by atoms with E-state index in [1.165, 1.54) is 0 Å². The molecule has 0 spiro atoms. The molecule has 0 aromatic rings. The van der Waals surface area contributed by atoms with Gasteiger partial charge in [-0.3, -0.25) is 4.79 Å². The second-order valence-electron chi connectivity index (χ2n) is 4.49. The minimum absolute atomic E-state index is 0.0625. The Balaban J connectivity index is 2.73. The molecule has 2 heteroatoms. The van der Waals surface area contributed by atoms with Crippen molar-refractivity contribution in [2.75, 3.05) is 6.61 Å². The second kappa shape index (κ2) is 4.63. The van der Waals surface area contributed by atoms with Crippen LogP contribution in [0.2, 0.25) is 0 Å². The van der Waals surface area contributed by atoms with Gasteiger partial charge in [-0.2, -0.15) is 0 Å². The summed E-state index contributed by atoms with van der Waals surface area (Å²) in [5.74, 6) is 0.262. The van der Waals surface area contributed by atoms with E-state index in [4.69, 9.17) is 4.74 Å². The van der Waals surface area contributed by atoms with Crippen molar-refractivity contribution in [1.29, 1.82) is 0 Å². The van der Waals surface area contributed by atoms with Gasteiger partial charge in [0.1, 0.15) is 0 Å². The third-order valence-electron chi connectivity index (χ3n) is 3.44. The highest BCUT2D eigenvalue weighted by Crippen LogP contribution is 2.37. The maximum atomic E-state index is 11.3. The van der Waals surface area contributed by atoms with Gasteiger partial charge in [0.2, 0.25) is 0 Å². The zero-order chi connectivity index (χ0) is 10.6. The summed E-state index contributed by atoms with van der Waals surface area (Å²) in [6, 6.07) is 0. The predicted octanol–water partition coefficient (Wildman–Crippen LogP) is 2.93. The van der Waals surface area contributed by atoms with E-state index in [1.54, 1.807) is 0 Å². The Hall–Kier alpha value is -0.790. The second-order valence-corrected chi connectivity index (χ2v) is 4.49. The van der Waals surface area contributed by atoms with Crippen LogP contribution in [0.25, 0.3) is 0 Å². The van der Waals surface area contributed by atoms with Crippen molar-refractivity contribution in [1.82, 2.24) is 0 Å². The molecule has 1 fully saturated rings. The maximum Gasteiger partial charge on any atom is 0.306 e. The first-order chi connectivity index (χ1) is 6.58. The molecule has 14 heavy (non-hydrogen) atoms. The normalized spacial score (nSPS) is 35.0. The van der Waals surface area contributed by atoms with Crippen molar-refractivity contribution in [3.8, 4) is 0 Å². The van der Waals surface area contributed by atoms with Crippen LogP contribution in [0.4, 0.5) is 0 Å². The van der Waals surface area contributed by atoms with Gasteiger partial charge in [-0.05, 0) is 30.6 Å². The van der Waals surface area contributed by atoms with Crippen molar-refractivity contribution < 1.29 is 9.53 Å². The predicted molar refractivity (Wildman–Crippen MR) is 56.9 cm³/mol. The standard InChI is InChI=1S/C12H20O2/c1-4-12(3)7-5-6-8-14-11(13)9-10(12)2/h4,10H,1,5-9H2,2-3H3/t10-,12+/m0/s1. The highest BCUT2D eigenvalue weighted by atomic mass is 16.5. The number of carbonyl (C=O) groups excluding carboxylic acids is 1. The van der Waals surface area contributed by atoms with Crippen molar-refractivity contribution in [3.05, 3.63) is 12.7 Å². The molecule has 2 nitrogen and oxygen atoms in total. The number of hydrogen-bond donors (Lipinski definition) is 0. The van der Waals surface area contributed by atoms with Crippen LogP contribution in [0, 0.1) is 11.3 Å². The Morgan fingerprint density at radius 1 is 1.57 bits per heavy atom. The number of allylic oxidation sites excluding steroid dienone is 1. The summed E-state index contributed by atoms with van der Waals surface area (Å²) in [7, 11) is 0. The van der Waals surface area contributed by atoms with E-state index in [0.29, 0.717) is 18.9 Å². The van der Waals surface area contributed by atoms with Crippen LogP contribution in [-0.4, -0.2) is 12.6 Å². The molecule has 0 bridgehead atoms. The van der Waals surface area contributed by atoms with Gasteiger partial charge in [0, 0.05) is 6.42 Å². The van der Waals surface area contributed by atoms with Gasteiger partial charge in [-0.15, -0.1) is 6.58 Å². The van der Waals surface area contributed by atoms with Gasteiger partial charge in [0.25, 0.3) is 0 Å². The summed E-state index contributed by atoms with van der Waals surface area (Å²) in [6.45, 7) is 8.75. The molecule has 0 aromatic heterocycles. The molecular weight excluding hydrogens is 176 g/mol. The molecule has 1 saturated heterocycles. The van der Waals surface area contributed by atoms with Gasteiger partial charge in [-0.1, -0.05) is 19.9 Å². The van der Waals surface area contributed by atoms with Gasteiger partial charge >= 0.3 is 5.97 Å². The quantitative estimate of drug-likeness (QED) is 0.476. The smallest absolute Gasteiger partial charge is 0.306 e. The Morgan fingerprint density at radius 3 is 2.93 bits per heavy atom. The minimum Gasteiger partial charge on any atom is -0.466 e. The lowest BCUT2D eigenvalue weighted by Gasteiger charge is -2.31. The van der Waals surface area contributed by atoms with Crippen LogP contribution in [0.3, 0.4) is 0 Å². The fourth-order valence-electron chi connectivity index (χ4n) is 1.89. The summed E-state index contributed by atoms with van der Waals surface area (Å²) in [5.41, 5.74) is 0.0867. The van der Waals surface area contributed by atoms with E-state index >= 15 is 0 Å². The molecule has 0 unspecified atom stereocenters. The van der Waals surface area contributed by atoms with Crippen molar-refractivity contribution in [2.24, 2.45) is 11.3 Å². The van der Waals surface area contributed by atoms with Gasteiger partial charge < -0.3 is 4.74 Å². The van der Waals surface area contributed by atoms with Crippen LogP contribution in [0.1, 0.15) is 39.5 Å². The Kier molecular flexibility index (Phi) is 3.73. The third kappa shape index (κ3) is 2.60. The first kappa shape index (κ1) is 11.3. The fraction of sp³-hybridized carbons (Fsp3) is 0.750. The number of cyclic esters (lactones) is 1. The van der Waals surface area contributed by atoms with Crippen molar-refractivity contribution in [3.63, 3.8) is 0 Å². The SMILES string of the molecule is C=C[C@]1(C)CCCCOC(=O)C[C@@H]1C. The first-order valence-corrected chi connectivity index (χ1v) is 5.38. The Bertz CT molecular complexity index is 222. The van der Waals surface area contributed by atoms with E-state index in [0.717, 1.165) is 19.3 Å². The van der Waals surface area contributed by atoms with E-state index in [2.05, 4.69) is 20.4 Å². The van der Waals surface area contributed by atoms with Crippen LogP contribution in [-0.2, 0) is 9.53 Å². The topological polar surface area (TPSA) is 26.3 Å². The molecule has 0 saturated carbocycles. The maximum absolute atomic E-state index is 11.3. The van der Waals surface area contributed by atoms with Crippen LogP contribution in [0.15, 0.2) is 12.7 Å². The molecule has 1 rings (SSSR count). The minimum atomic E-state index is -0.0625. The number of carbonyl (C=O) groups is 1. The van der Waals surface area contributed by atoms with Crippen LogP contribution >= 0.6 is 0 Å². The highest BCUT2D eigenvalue weighted by Gasteiger charge is 2.30. The van der Waals surface area contributed by atoms with Gasteiger partial charge in [0.15, 0.2) is 0 Å². The van der Waals surface area contributed by atoms with Gasteiger partial charge in [0.05, 0.1) is 6.61 Å². The Labute approximate surface area is 86.3 Å². The Morgan fingerprint density at radius 2 is 2.29 bits per heavy atom.